The van der Waals surface area contributed by atoms with Gasteiger partial charge in [-0.25, -0.2) is 4.39 Å². The van der Waals surface area contributed by atoms with Crippen molar-refractivity contribution in [3.63, 3.8) is 0 Å². The molecular formula is C9H13F4N. The van der Waals surface area contributed by atoms with Crippen molar-refractivity contribution in [2.24, 2.45) is 17.8 Å². The van der Waals surface area contributed by atoms with E-state index in [4.69, 9.17) is 0 Å². The molecule has 0 spiro atoms. The van der Waals surface area contributed by atoms with Crippen LogP contribution in [0.4, 0.5) is 17.6 Å². The van der Waals surface area contributed by atoms with Crippen molar-refractivity contribution in [2.75, 3.05) is 6.54 Å². The topological polar surface area (TPSA) is 12.0 Å². The highest BCUT2D eigenvalue weighted by atomic mass is 19.4. The number of halogens is 4. The van der Waals surface area contributed by atoms with E-state index in [0.717, 1.165) is 12.8 Å². The average molecular weight is 211 g/mol. The number of hydrogen-bond acceptors (Lipinski definition) is 1. The van der Waals surface area contributed by atoms with Gasteiger partial charge in [0.2, 0.25) is 0 Å². The fourth-order valence-electron chi connectivity index (χ4n) is 2.14. The van der Waals surface area contributed by atoms with E-state index < -0.39 is 24.3 Å². The normalized spacial score (nSPS) is 39.9. The molecule has 1 aliphatic heterocycles. The van der Waals surface area contributed by atoms with Crippen LogP contribution in [0.15, 0.2) is 0 Å². The van der Waals surface area contributed by atoms with Crippen molar-refractivity contribution >= 4 is 0 Å². The van der Waals surface area contributed by atoms with Crippen LogP contribution in [-0.4, -0.2) is 19.0 Å². The standard InChI is InChI=1S/C9H13F4N/c10-8-7(5-1-2-5)3-6(4-14-8)9(11,12)13/h5-8,14H,1-4H2. The smallest absolute Gasteiger partial charge is 0.287 e. The minimum atomic E-state index is -4.18. The fraction of sp³-hybridized carbons (Fsp3) is 1.00. The van der Waals surface area contributed by atoms with Crippen molar-refractivity contribution in [2.45, 2.75) is 31.7 Å². The van der Waals surface area contributed by atoms with Crippen LogP contribution in [0.5, 0.6) is 0 Å². The van der Waals surface area contributed by atoms with Crippen LogP contribution in [0.3, 0.4) is 0 Å². The molecule has 1 saturated carbocycles. The average Bonchev–Trinajstić information content (AvgIpc) is 2.85. The Morgan fingerprint density at radius 2 is 1.79 bits per heavy atom. The summed E-state index contributed by atoms with van der Waals surface area (Å²) in [6.45, 7) is -0.270. The quantitative estimate of drug-likeness (QED) is 0.519. The number of hydrogen-bond donors (Lipinski definition) is 1. The van der Waals surface area contributed by atoms with Crippen LogP contribution in [0, 0.1) is 17.8 Å². The zero-order valence-corrected chi connectivity index (χ0v) is 7.65. The van der Waals surface area contributed by atoms with E-state index in [-0.39, 0.29) is 18.9 Å². The first-order chi connectivity index (χ1) is 6.48. The molecule has 0 aromatic carbocycles. The van der Waals surface area contributed by atoms with Gasteiger partial charge in [-0.2, -0.15) is 13.2 Å². The minimum absolute atomic E-state index is 0.0394. The van der Waals surface area contributed by atoms with Gasteiger partial charge in [-0.3, -0.25) is 5.32 Å². The Bertz CT molecular complexity index is 211. The Labute approximate surface area is 79.9 Å². The molecule has 1 saturated heterocycles. The molecule has 0 amide bonds. The van der Waals surface area contributed by atoms with Gasteiger partial charge in [0, 0.05) is 12.5 Å². The molecular weight excluding hydrogens is 198 g/mol. The first-order valence-corrected chi connectivity index (χ1v) is 4.92. The fourth-order valence-corrected chi connectivity index (χ4v) is 2.14. The predicted molar refractivity (Wildman–Crippen MR) is 43.3 cm³/mol. The Hall–Kier alpha value is -0.320. The minimum Gasteiger partial charge on any atom is -0.287 e. The first-order valence-electron chi connectivity index (χ1n) is 4.92. The third-order valence-electron chi connectivity index (χ3n) is 3.18. The maximum absolute atomic E-state index is 13.2. The molecule has 3 atom stereocenters. The Morgan fingerprint density at radius 3 is 2.29 bits per heavy atom. The van der Waals surface area contributed by atoms with Crippen LogP contribution in [0.25, 0.3) is 0 Å². The van der Waals surface area contributed by atoms with Crippen LogP contribution in [0.2, 0.25) is 0 Å². The molecule has 3 unspecified atom stereocenters. The van der Waals surface area contributed by atoms with E-state index in [1.54, 1.807) is 0 Å². The van der Waals surface area contributed by atoms with E-state index in [9.17, 15) is 17.6 Å². The van der Waals surface area contributed by atoms with Gasteiger partial charge in [-0.15, -0.1) is 0 Å². The number of rotatable bonds is 1. The molecule has 0 aromatic rings. The summed E-state index contributed by atoms with van der Waals surface area (Å²) in [5, 5.41) is 2.32. The van der Waals surface area contributed by atoms with E-state index >= 15 is 0 Å². The molecule has 14 heavy (non-hydrogen) atoms. The monoisotopic (exact) mass is 211 g/mol. The van der Waals surface area contributed by atoms with Gasteiger partial charge in [0.25, 0.3) is 0 Å². The Morgan fingerprint density at radius 1 is 1.14 bits per heavy atom. The summed E-state index contributed by atoms with van der Waals surface area (Å²) in [6, 6.07) is 0. The molecule has 1 heterocycles. The van der Waals surface area contributed by atoms with Gasteiger partial charge >= 0.3 is 6.18 Å². The van der Waals surface area contributed by atoms with Gasteiger partial charge in [-0.1, -0.05) is 0 Å². The summed E-state index contributed by atoms with van der Waals surface area (Å²) < 4.78 is 50.3. The van der Waals surface area contributed by atoms with Crippen molar-refractivity contribution in [1.29, 1.82) is 0 Å². The van der Waals surface area contributed by atoms with Gasteiger partial charge in [0.1, 0.15) is 0 Å². The summed E-state index contributed by atoms with van der Waals surface area (Å²) in [5.41, 5.74) is 0. The van der Waals surface area contributed by atoms with Crippen LogP contribution in [-0.2, 0) is 0 Å². The van der Waals surface area contributed by atoms with Crippen molar-refractivity contribution in [3.05, 3.63) is 0 Å². The predicted octanol–water partition coefficient (Wildman–Crippen LogP) is 2.48. The summed E-state index contributed by atoms with van der Waals surface area (Å²) in [5.74, 6) is -1.60. The highest BCUT2D eigenvalue weighted by Crippen LogP contribution is 2.46. The van der Waals surface area contributed by atoms with E-state index in [1.807, 2.05) is 0 Å². The van der Waals surface area contributed by atoms with Crippen molar-refractivity contribution < 1.29 is 17.6 Å². The second kappa shape index (κ2) is 3.36. The Balaban J connectivity index is 1.98. The van der Waals surface area contributed by atoms with Gasteiger partial charge in [0.15, 0.2) is 6.30 Å². The second-order valence-corrected chi connectivity index (χ2v) is 4.29. The third-order valence-corrected chi connectivity index (χ3v) is 3.18. The lowest BCUT2D eigenvalue weighted by atomic mass is 9.86. The van der Waals surface area contributed by atoms with Crippen molar-refractivity contribution in [1.82, 2.24) is 5.32 Å². The van der Waals surface area contributed by atoms with Crippen LogP contribution >= 0.6 is 0 Å². The highest BCUT2D eigenvalue weighted by molar-refractivity contribution is 4.91. The molecule has 0 aromatic heterocycles. The zero-order valence-electron chi connectivity index (χ0n) is 7.65. The maximum Gasteiger partial charge on any atom is 0.393 e. The maximum atomic E-state index is 13.2. The second-order valence-electron chi connectivity index (χ2n) is 4.29. The summed E-state index contributed by atoms with van der Waals surface area (Å²) in [7, 11) is 0. The van der Waals surface area contributed by atoms with Crippen molar-refractivity contribution in [3.8, 4) is 0 Å². The molecule has 1 nitrogen and oxygen atoms in total. The van der Waals surface area contributed by atoms with E-state index in [0.29, 0.717) is 0 Å². The molecule has 0 radical (unpaired) electrons. The molecule has 1 N–H and O–H groups in total. The largest absolute Gasteiger partial charge is 0.393 e. The van der Waals surface area contributed by atoms with Gasteiger partial charge < -0.3 is 0 Å². The van der Waals surface area contributed by atoms with Gasteiger partial charge in [-0.05, 0) is 25.2 Å². The van der Waals surface area contributed by atoms with E-state index in [2.05, 4.69) is 5.32 Å². The number of piperidine rings is 1. The summed E-state index contributed by atoms with van der Waals surface area (Å²) in [6.07, 6.45) is -3.68. The van der Waals surface area contributed by atoms with Gasteiger partial charge in [0.05, 0.1) is 5.92 Å². The number of nitrogens with one attached hydrogen (secondary N) is 1. The highest BCUT2D eigenvalue weighted by Gasteiger charge is 2.48. The first kappa shape index (κ1) is 10.2. The molecule has 0 bridgehead atoms. The van der Waals surface area contributed by atoms with E-state index in [1.165, 1.54) is 0 Å². The number of alkyl halides is 4. The lowest BCUT2D eigenvalue weighted by Gasteiger charge is -2.34. The lowest BCUT2D eigenvalue weighted by Crippen LogP contribution is -2.48. The molecule has 5 heteroatoms. The third kappa shape index (κ3) is 2.02. The summed E-state index contributed by atoms with van der Waals surface area (Å²) in [4.78, 5) is 0. The molecule has 2 aliphatic rings. The summed E-state index contributed by atoms with van der Waals surface area (Å²) >= 11 is 0. The molecule has 2 rings (SSSR count). The molecule has 82 valence electrons. The molecule has 1 aliphatic carbocycles. The zero-order chi connectivity index (χ0) is 10.3. The lowest BCUT2D eigenvalue weighted by molar-refractivity contribution is -0.187. The SMILES string of the molecule is FC1NCC(C(F)(F)F)CC1C1CC1. The Kier molecular flexibility index (Phi) is 2.45. The van der Waals surface area contributed by atoms with Crippen LogP contribution in [0.1, 0.15) is 19.3 Å². The molecule has 2 fully saturated rings. The van der Waals surface area contributed by atoms with Crippen LogP contribution < -0.4 is 5.32 Å².